The average Bonchev–Trinajstić information content (AvgIpc) is 2.95. The molecule has 2 aromatic carbocycles. The molecule has 0 radical (unpaired) electrons. The Balaban J connectivity index is 1.28. The molecule has 1 aliphatic heterocycles. The molecule has 4 rings (SSSR count). The Kier molecular flexibility index (Phi) is 4.91. The minimum absolute atomic E-state index is 0.213. The van der Waals surface area contributed by atoms with Crippen LogP contribution in [0.2, 0.25) is 5.02 Å². The topological polar surface area (TPSA) is 20.3 Å². The first-order chi connectivity index (χ1) is 12.2. The summed E-state index contributed by atoms with van der Waals surface area (Å²) in [6, 6.07) is 16.3. The van der Waals surface area contributed by atoms with Gasteiger partial charge < -0.3 is 0 Å². The molecule has 1 saturated heterocycles. The molecule has 1 atom stereocenters. The summed E-state index contributed by atoms with van der Waals surface area (Å²) < 4.78 is 0. The van der Waals surface area contributed by atoms with E-state index in [1.807, 2.05) is 30.3 Å². The number of likely N-dealkylation sites (tertiary alicyclic amines) is 1. The van der Waals surface area contributed by atoms with Crippen LogP contribution in [0, 0.1) is 11.8 Å². The third-order valence-corrected chi connectivity index (χ3v) is 6.02. The highest BCUT2D eigenvalue weighted by Gasteiger charge is 2.32. The van der Waals surface area contributed by atoms with E-state index in [9.17, 15) is 4.79 Å². The molecule has 2 aliphatic rings. The van der Waals surface area contributed by atoms with Gasteiger partial charge in [-0.2, -0.15) is 0 Å². The van der Waals surface area contributed by atoms with Crippen LogP contribution < -0.4 is 0 Å². The lowest BCUT2D eigenvalue weighted by Gasteiger charge is -2.33. The Hall–Kier alpha value is -1.64. The molecular formula is C22H24ClNO. The van der Waals surface area contributed by atoms with Crippen LogP contribution in [-0.2, 0) is 13.0 Å². The Bertz CT molecular complexity index is 747. The SMILES string of the molecule is O=C1c2ccccc2CC1CC1CCN(Cc2ccc(Cl)cc2)CC1. The van der Waals surface area contributed by atoms with Crippen molar-refractivity contribution in [3.05, 3.63) is 70.2 Å². The zero-order valence-corrected chi connectivity index (χ0v) is 15.2. The van der Waals surface area contributed by atoms with Crippen LogP contribution in [0.3, 0.4) is 0 Å². The van der Waals surface area contributed by atoms with Crippen molar-refractivity contribution in [2.24, 2.45) is 11.8 Å². The Morgan fingerprint density at radius 1 is 1.00 bits per heavy atom. The summed E-state index contributed by atoms with van der Waals surface area (Å²) in [6.07, 6.45) is 4.41. The van der Waals surface area contributed by atoms with Crippen LogP contribution in [0.1, 0.15) is 40.7 Å². The second-order valence-electron chi connectivity index (χ2n) is 7.50. The summed E-state index contributed by atoms with van der Waals surface area (Å²) in [5, 5.41) is 0.796. The first kappa shape index (κ1) is 16.8. The quantitative estimate of drug-likeness (QED) is 0.771. The molecule has 3 heteroatoms. The summed E-state index contributed by atoms with van der Waals surface area (Å²) in [4.78, 5) is 15.1. The van der Waals surface area contributed by atoms with Gasteiger partial charge in [0, 0.05) is 23.0 Å². The largest absolute Gasteiger partial charge is 0.299 e. The average molecular weight is 354 g/mol. The number of carbonyl (C=O) groups is 1. The zero-order chi connectivity index (χ0) is 17.2. The van der Waals surface area contributed by atoms with Crippen molar-refractivity contribution in [2.75, 3.05) is 13.1 Å². The number of nitrogens with zero attached hydrogens (tertiary/aromatic N) is 1. The second kappa shape index (κ2) is 7.31. The fraction of sp³-hybridized carbons (Fsp3) is 0.409. The molecule has 25 heavy (non-hydrogen) atoms. The van der Waals surface area contributed by atoms with Crippen molar-refractivity contribution in [3.8, 4) is 0 Å². The molecule has 130 valence electrons. The van der Waals surface area contributed by atoms with Crippen LogP contribution >= 0.6 is 11.6 Å². The van der Waals surface area contributed by atoms with Crippen molar-refractivity contribution in [3.63, 3.8) is 0 Å². The van der Waals surface area contributed by atoms with Gasteiger partial charge in [0.2, 0.25) is 0 Å². The number of rotatable bonds is 4. The third-order valence-electron chi connectivity index (χ3n) is 5.76. The van der Waals surface area contributed by atoms with Crippen molar-refractivity contribution in [2.45, 2.75) is 32.2 Å². The molecule has 0 saturated carbocycles. The van der Waals surface area contributed by atoms with Gasteiger partial charge in [-0.15, -0.1) is 0 Å². The number of hydrogen-bond donors (Lipinski definition) is 0. The van der Waals surface area contributed by atoms with Crippen molar-refractivity contribution >= 4 is 17.4 Å². The number of carbonyl (C=O) groups excluding carboxylic acids is 1. The van der Waals surface area contributed by atoms with E-state index in [0.29, 0.717) is 11.7 Å². The number of piperidine rings is 1. The first-order valence-corrected chi connectivity index (χ1v) is 9.66. The van der Waals surface area contributed by atoms with Crippen LogP contribution in [-0.4, -0.2) is 23.8 Å². The van der Waals surface area contributed by atoms with E-state index in [4.69, 9.17) is 11.6 Å². The molecule has 0 bridgehead atoms. The van der Waals surface area contributed by atoms with Crippen LogP contribution in [0.4, 0.5) is 0 Å². The maximum absolute atomic E-state index is 12.6. The predicted octanol–water partition coefficient (Wildman–Crippen LogP) is 5.00. The Morgan fingerprint density at radius 3 is 2.44 bits per heavy atom. The summed E-state index contributed by atoms with van der Waals surface area (Å²) in [5.41, 5.74) is 3.54. The predicted molar refractivity (Wildman–Crippen MR) is 102 cm³/mol. The highest BCUT2D eigenvalue weighted by molar-refractivity contribution is 6.30. The number of ketones is 1. The van der Waals surface area contributed by atoms with Gasteiger partial charge in [0.05, 0.1) is 0 Å². The standard InChI is InChI=1S/C22H24ClNO/c23-20-7-5-17(6-8-20)15-24-11-9-16(10-12-24)13-19-14-18-3-1-2-4-21(18)22(19)25/h1-8,16,19H,9-15H2. The van der Waals surface area contributed by atoms with Gasteiger partial charge in [-0.05, 0) is 68.0 Å². The molecule has 1 aliphatic carbocycles. The molecule has 2 nitrogen and oxygen atoms in total. The lowest BCUT2D eigenvalue weighted by atomic mass is 9.85. The lowest BCUT2D eigenvalue weighted by molar-refractivity contribution is 0.0896. The number of halogens is 1. The van der Waals surface area contributed by atoms with Crippen molar-refractivity contribution in [1.29, 1.82) is 0 Å². The van der Waals surface area contributed by atoms with E-state index in [-0.39, 0.29) is 5.92 Å². The monoisotopic (exact) mass is 353 g/mol. The van der Waals surface area contributed by atoms with Crippen LogP contribution in [0.15, 0.2) is 48.5 Å². The molecule has 0 aromatic heterocycles. The normalized spacial score (nSPS) is 21.5. The van der Waals surface area contributed by atoms with E-state index in [0.717, 1.165) is 43.1 Å². The van der Waals surface area contributed by atoms with Gasteiger partial charge in [-0.1, -0.05) is 48.0 Å². The minimum atomic E-state index is 0.213. The van der Waals surface area contributed by atoms with Gasteiger partial charge in [0.1, 0.15) is 0 Å². The molecule has 1 fully saturated rings. The Labute approximate surface area is 154 Å². The maximum atomic E-state index is 12.6. The van der Waals surface area contributed by atoms with Gasteiger partial charge in [-0.3, -0.25) is 9.69 Å². The zero-order valence-electron chi connectivity index (χ0n) is 14.5. The number of Topliss-reactive ketones (excluding diaryl/α,β-unsaturated/α-hetero) is 1. The van der Waals surface area contributed by atoms with Gasteiger partial charge in [0.15, 0.2) is 5.78 Å². The highest BCUT2D eigenvalue weighted by Crippen LogP contribution is 2.34. The molecule has 1 heterocycles. The number of hydrogen-bond acceptors (Lipinski definition) is 2. The smallest absolute Gasteiger partial charge is 0.166 e. The van der Waals surface area contributed by atoms with Gasteiger partial charge >= 0.3 is 0 Å². The summed E-state index contributed by atoms with van der Waals surface area (Å²) in [5.74, 6) is 1.27. The third kappa shape index (κ3) is 3.80. The van der Waals surface area contributed by atoms with E-state index in [2.05, 4.69) is 23.1 Å². The molecule has 1 unspecified atom stereocenters. The fourth-order valence-corrected chi connectivity index (χ4v) is 4.46. The van der Waals surface area contributed by atoms with E-state index >= 15 is 0 Å². The lowest BCUT2D eigenvalue weighted by Crippen LogP contribution is -2.34. The first-order valence-electron chi connectivity index (χ1n) is 9.28. The molecule has 0 N–H and O–H groups in total. The number of benzene rings is 2. The second-order valence-corrected chi connectivity index (χ2v) is 7.94. The van der Waals surface area contributed by atoms with Crippen molar-refractivity contribution in [1.82, 2.24) is 4.90 Å². The fourth-order valence-electron chi connectivity index (χ4n) is 4.34. The summed E-state index contributed by atoms with van der Waals surface area (Å²) >= 11 is 5.96. The summed E-state index contributed by atoms with van der Waals surface area (Å²) in [7, 11) is 0. The molecule has 0 spiro atoms. The van der Waals surface area contributed by atoms with Crippen molar-refractivity contribution < 1.29 is 4.79 Å². The highest BCUT2D eigenvalue weighted by atomic mass is 35.5. The molecular weight excluding hydrogens is 330 g/mol. The minimum Gasteiger partial charge on any atom is -0.299 e. The molecule has 0 amide bonds. The van der Waals surface area contributed by atoms with Gasteiger partial charge in [-0.25, -0.2) is 0 Å². The maximum Gasteiger partial charge on any atom is 0.166 e. The van der Waals surface area contributed by atoms with E-state index in [1.165, 1.54) is 24.0 Å². The van der Waals surface area contributed by atoms with Crippen LogP contribution in [0.25, 0.3) is 0 Å². The van der Waals surface area contributed by atoms with Gasteiger partial charge in [0.25, 0.3) is 0 Å². The van der Waals surface area contributed by atoms with E-state index in [1.54, 1.807) is 0 Å². The molecule has 2 aromatic rings. The summed E-state index contributed by atoms with van der Waals surface area (Å²) in [6.45, 7) is 3.25. The van der Waals surface area contributed by atoms with E-state index < -0.39 is 0 Å². The Morgan fingerprint density at radius 2 is 1.72 bits per heavy atom. The number of fused-ring (bicyclic) bond motifs is 1. The van der Waals surface area contributed by atoms with Crippen LogP contribution in [0.5, 0.6) is 0 Å².